The third-order valence-corrected chi connectivity index (χ3v) is 4.78. The molecule has 1 aliphatic heterocycles. The number of carbonyl (C=O) groups is 2. The van der Waals surface area contributed by atoms with Crippen LogP contribution >= 0.6 is 0 Å². The molecule has 0 aromatic rings. The van der Waals surface area contributed by atoms with Gasteiger partial charge in [-0.15, -0.1) is 0 Å². The quantitative estimate of drug-likeness (QED) is 0.816. The van der Waals surface area contributed by atoms with Crippen molar-refractivity contribution in [1.29, 1.82) is 0 Å². The van der Waals surface area contributed by atoms with Gasteiger partial charge in [-0.2, -0.15) is 0 Å². The van der Waals surface area contributed by atoms with E-state index in [2.05, 4.69) is 19.2 Å². The normalized spacial score (nSPS) is 37.8. The van der Waals surface area contributed by atoms with Gasteiger partial charge in [-0.05, 0) is 44.4 Å². The van der Waals surface area contributed by atoms with E-state index in [1.807, 2.05) is 0 Å². The van der Waals surface area contributed by atoms with E-state index in [1.165, 1.54) is 6.42 Å². The van der Waals surface area contributed by atoms with Crippen molar-refractivity contribution in [3.63, 3.8) is 0 Å². The van der Waals surface area contributed by atoms with Crippen molar-refractivity contribution in [2.24, 2.45) is 17.3 Å². The van der Waals surface area contributed by atoms with Crippen molar-refractivity contribution in [3.8, 4) is 0 Å². The number of carbonyl (C=O) groups excluding carboxylic acids is 1. The zero-order valence-corrected chi connectivity index (χ0v) is 12.7. The minimum atomic E-state index is -0.812. The van der Waals surface area contributed by atoms with E-state index >= 15 is 0 Å². The molecule has 1 saturated carbocycles. The van der Waals surface area contributed by atoms with Crippen molar-refractivity contribution >= 4 is 12.0 Å². The highest BCUT2D eigenvalue weighted by atomic mass is 16.4. The van der Waals surface area contributed by atoms with Crippen LogP contribution in [0.25, 0.3) is 0 Å². The Labute approximate surface area is 120 Å². The molecule has 2 fully saturated rings. The van der Waals surface area contributed by atoms with E-state index < -0.39 is 11.4 Å². The summed E-state index contributed by atoms with van der Waals surface area (Å²) in [5.41, 5.74) is -0.787. The highest BCUT2D eigenvalue weighted by Crippen LogP contribution is 2.31. The molecule has 3 atom stereocenters. The van der Waals surface area contributed by atoms with E-state index in [1.54, 1.807) is 11.8 Å². The number of nitrogens with zero attached hydrogens (tertiary/aromatic N) is 1. The maximum Gasteiger partial charge on any atom is 0.317 e. The summed E-state index contributed by atoms with van der Waals surface area (Å²) in [4.78, 5) is 25.1. The molecule has 0 aromatic heterocycles. The number of amides is 2. The summed E-state index contributed by atoms with van der Waals surface area (Å²) in [6.07, 6.45) is 3.82. The molecule has 1 saturated heterocycles. The Morgan fingerprint density at radius 3 is 2.30 bits per heavy atom. The molecule has 0 bridgehead atoms. The predicted octanol–water partition coefficient (Wildman–Crippen LogP) is 2.32. The van der Waals surface area contributed by atoms with Crippen LogP contribution < -0.4 is 5.32 Å². The highest BCUT2D eigenvalue weighted by Gasteiger charge is 2.42. The second-order valence-corrected chi connectivity index (χ2v) is 7.10. The maximum atomic E-state index is 12.3. The fourth-order valence-corrected chi connectivity index (χ4v) is 3.64. The Morgan fingerprint density at radius 1 is 1.20 bits per heavy atom. The van der Waals surface area contributed by atoms with Crippen LogP contribution in [0.3, 0.4) is 0 Å². The summed E-state index contributed by atoms with van der Waals surface area (Å²) in [5.74, 6) is 0.478. The first kappa shape index (κ1) is 15.1. The van der Waals surface area contributed by atoms with Gasteiger partial charge in [0.1, 0.15) is 0 Å². The molecule has 1 aliphatic carbocycles. The minimum absolute atomic E-state index is 0.0960. The molecule has 0 spiro atoms. The molecular formula is C15H26N2O3. The Bertz CT molecular complexity index is 389. The van der Waals surface area contributed by atoms with Gasteiger partial charge >= 0.3 is 12.0 Å². The van der Waals surface area contributed by atoms with Crippen LogP contribution in [0.15, 0.2) is 0 Å². The maximum absolute atomic E-state index is 12.3. The third-order valence-electron chi connectivity index (χ3n) is 4.78. The van der Waals surface area contributed by atoms with Crippen LogP contribution in [0.1, 0.15) is 46.5 Å². The number of likely N-dealkylation sites (tertiary alicyclic amines) is 1. The molecule has 2 N–H and O–H groups in total. The first-order chi connectivity index (χ1) is 9.30. The van der Waals surface area contributed by atoms with E-state index in [9.17, 15) is 14.7 Å². The standard InChI is InChI=1S/C15H26N2O3/c1-10-6-11(2)8-12(7-10)16-14(20)17-5-4-15(3,9-17)13(18)19/h10-12H,4-9H2,1-3H3,(H,16,20)(H,18,19). The zero-order valence-electron chi connectivity index (χ0n) is 12.7. The number of nitrogens with one attached hydrogen (secondary N) is 1. The van der Waals surface area contributed by atoms with E-state index in [0.717, 1.165) is 12.8 Å². The van der Waals surface area contributed by atoms with Crippen LogP contribution in [-0.4, -0.2) is 41.1 Å². The number of hydrogen-bond donors (Lipinski definition) is 2. The topological polar surface area (TPSA) is 69.6 Å². The monoisotopic (exact) mass is 282 g/mol. The lowest BCUT2D eigenvalue weighted by atomic mass is 9.80. The van der Waals surface area contributed by atoms with Crippen molar-refractivity contribution in [3.05, 3.63) is 0 Å². The summed E-state index contributed by atoms with van der Waals surface area (Å²) in [7, 11) is 0. The van der Waals surface area contributed by atoms with Crippen molar-refractivity contribution < 1.29 is 14.7 Å². The van der Waals surface area contributed by atoms with Gasteiger partial charge in [-0.1, -0.05) is 13.8 Å². The molecule has 5 nitrogen and oxygen atoms in total. The largest absolute Gasteiger partial charge is 0.481 e. The summed E-state index contributed by atoms with van der Waals surface area (Å²) in [6, 6.07) is 0.138. The number of hydrogen-bond acceptors (Lipinski definition) is 2. The average Bonchev–Trinajstić information content (AvgIpc) is 2.72. The number of rotatable bonds is 2. The molecule has 5 heteroatoms. The van der Waals surface area contributed by atoms with Crippen molar-refractivity contribution in [1.82, 2.24) is 10.2 Å². The van der Waals surface area contributed by atoms with Gasteiger partial charge < -0.3 is 15.3 Å². The molecule has 1 heterocycles. The van der Waals surface area contributed by atoms with Crippen molar-refractivity contribution in [2.45, 2.75) is 52.5 Å². The van der Waals surface area contributed by atoms with Gasteiger partial charge in [0.2, 0.25) is 0 Å². The predicted molar refractivity (Wildman–Crippen MR) is 76.4 cm³/mol. The minimum Gasteiger partial charge on any atom is -0.481 e. The average molecular weight is 282 g/mol. The summed E-state index contributed by atoms with van der Waals surface area (Å²) < 4.78 is 0. The van der Waals surface area contributed by atoms with Crippen LogP contribution in [0, 0.1) is 17.3 Å². The Kier molecular flexibility index (Phi) is 4.25. The Balaban J connectivity index is 1.88. The van der Waals surface area contributed by atoms with Gasteiger partial charge in [0, 0.05) is 19.1 Å². The number of carboxylic acid groups (broad SMARTS) is 1. The first-order valence-corrected chi connectivity index (χ1v) is 7.59. The van der Waals surface area contributed by atoms with Crippen LogP contribution in [0.4, 0.5) is 4.79 Å². The van der Waals surface area contributed by atoms with Gasteiger partial charge in [0.25, 0.3) is 0 Å². The number of carboxylic acids is 1. The summed E-state index contributed by atoms with van der Waals surface area (Å²) in [5, 5.41) is 12.3. The summed E-state index contributed by atoms with van der Waals surface area (Å²) >= 11 is 0. The Morgan fingerprint density at radius 2 is 1.80 bits per heavy atom. The van der Waals surface area contributed by atoms with Crippen molar-refractivity contribution in [2.75, 3.05) is 13.1 Å². The molecule has 3 unspecified atom stereocenters. The van der Waals surface area contributed by atoms with E-state index in [-0.39, 0.29) is 12.1 Å². The summed E-state index contributed by atoms with van der Waals surface area (Å²) in [6.45, 7) is 7.02. The smallest absolute Gasteiger partial charge is 0.317 e. The molecule has 0 radical (unpaired) electrons. The van der Waals surface area contributed by atoms with Gasteiger partial charge in [-0.25, -0.2) is 4.79 Å². The van der Waals surface area contributed by atoms with Crippen LogP contribution in [0.5, 0.6) is 0 Å². The third kappa shape index (κ3) is 3.25. The SMILES string of the molecule is CC1CC(C)CC(NC(=O)N2CCC(C)(C(=O)O)C2)C1. The first-order valence-electron chi connectivity index (χ1n) is 7.59. The lowest BCUT2D eigenvalue weighted by Gasteiger charge is -2.33. The van der Waals surface area contributed by atoms with Gasteiger partial charge in [0.05, 0.1) is 5.41 Å². The molecular weight excluding hydrogens is 256 g/mol. The second-order valence-electron chi connectivity index (χ2n) is 7.10. The lowest BCUT2D eigenvalue weighted by Crippen LogP contribution is -2.47. The molecule has 114 valence electrons. The number of urea groups is 1. The van der Waals surface area contributed by atoms with E-state index in [4.69, 9.17) is 0 Å². The van der Waals surface area contributed by atoms with E-state index in [0.29, 0.717) is 31.3 Å². The fraction of sp³-hybridized carbons (Fsp3) is 0.867. The van der Waals surface area contributed by atoms with Crippen LogP contribution in [-0.2, 0) is 4.79 Å². The molecule has 2 amide bonds. The highest BCUT2D eigenvalue weighted by molar-refractivity contribution is 5.79. The van der Waals surface area contributed by atoms with Gasteiger partial charge in [0.15, 0.2) is 0 Å². The van der Waals surface area contributed by atoms with Crippen LogP contribution in [0.2, 0.25) is 0 Å². The van der Waals surface area contributed by atoms with Gasteiger partial charge in [-0.3, -0.25) is 4.79 Å². The zero-order chi connectivity index (χ0) is 14.9. The molecule has 0 aromatic carbocycles. The number of aliphatic carboxylic acids is 1. The lowest BCUT2D eigenvalue weighted by molar-refractivity contribution is -0.146. The fourth-order valence-electron chi connectivity index (χ4n) is 3.64. The molecule has 20 heavy (non-hydrogen) atoms. The molecule has 2 aliphatic rings. The second kappa shape index (κ2) is 5.62. The molecule has 2 rings (SSSR count). The Hall–Kier alpha value is -1.26.